The number of nitro benzene ring substituents is 1. The molecular weight excluding hydrogens is 384 g/mol. The number of carbonyl (C=O) groups is 1. The number of nitro groups is 1. The molecule has 0 N–H and O–H groups in total. The summed E-state index contributed by atoms with van der Waals surface area (Å²) in [5.41, 5.74) is 2.91. The van der Waals surface area contributed by atoms with Crippen molar-refractivity contribution in [1.29, 1.82) is 0 Å². The van der Waals surface area contributed by atoms with Gasteiger partial charge in [-0.2, -0.15) is 0 Å². The summed E-state index contributed by atoms with van der Waals surface area (Å²) in [5.74, 6) is 0.562. The van der Waals surface area contributed by atoms with Gasteiger partial charge in [0.05, 0.1) is 28.6 Å². The molecule has 1 fully saturated rings. The summed E-state index contributed by atoms with van der Waals surface area (Å²) in [4.78, 5) is 29.8. The van der Waals surface area contributed by atoms with E-state index in [4.69, 9.17) is 9.72 Å². The molecule has 1 aliphatic heterocycles. The van der Waals surface area contributed by atoms with Crippen molar-refractivity contribution in [3.05, 3.63) is 64.0 Å². The minimum atomic E-state index is -0.501. The summed E-state index contributed by atoms with van der Waals surface area (Å²) in [5, 5.41) is 11.5. The van der Waals surface area contributed by atoms with Gasteiger partial charge in [0.15, 0.2) is 0 Å². The van der Waals surface area contributed by atoms with Gasteiger partial charge in [0.25, 0.3) is 5.69 Å². The summed E-state index contributed by atoms with van der Waals surface area (Å²) >= 11 is 0. The molecule has 156 valence electrons. The molecular formula is C22H24N4O4. The molecule has 8 heteroatoms. The predicted octanol–water partition coefficient (Wildman–Crippen LogP) is 4.14. The van der Waals surface area contributed by atoms with Gasteiger partial charge in [-0.1, -0.05) is 19.1 Å². The fourth-order valence-electron chi connectivity index (χ4n) is 4.29. The van der Waals surface area contributed by atoms with E-state index in [0.29, 0.717) is 24.3 Å². The zero-order chi connectivity index (χ0) is 21.3. The lowest BCUT2D eigenvalue weighted by Gasteiger charge is -2.34. The molecule has 0 saturated carbocycles. The molecule has 0 bridgehead atoms. The number of ether oxygens (including phenoxy) is 1. The summed E-state index contributed by atoms with van der Waals surface area (Å²) in [6, 6.07) is 12.8. The highest BCUT2D eigenvalue weighted by atomic mass is 16.6. The third kappa shape index (κ3) is 3.49. The van der Waals surface area contributed by atoms with Gasteiger partial charge >= 0.3 is 5.97 Å². The smallest absolute Gasteiger partial charge is 0.337 e. The molecule has 2 heterocycles. The zero-order valence-corrected chi connectivity index (χ0v) is 17.1. The van der Waals surface area contributed by atoms with E-state index in [1.165, 1.54) is 19.2 Å². The number of anilines is 1. The lowest BCUT2D eigenvalue weighted by Crippen LogP contribution is -2.35. The highest BCUT2D eigenvalue weighted by molar-refractivity contribution is 5.91. The van der Waals surface area contributed by atoms with Gasteiger partial charge < -0.3 is 14.2 Å². The van der Waals surface area contributed by atoms with Crippen LogP contribution in [0.15, 0.2) is 42.5 Å². The zero-order valence-electron chi connectivity index (χ0n) is 17.1. The van der Waals surface area contributed by atoms with Crippen LogP contribution in [0.1, 0.15) is 42.0 Å². The number of imidazole rings is 1. The number of benzene rings is 2. The Bertz CT molecular complexity index is 1100. The molecule has 1 aromatic heterocycles. The van der Waals surface area contributed by atoms with E-state index in [1.54, 1.807) is 6.07 Å². The number of methoxy groups -OCH3 is 1. The van der Waals surface area contributed by atoms with Crippen LogP contribution in [0.4, 0.5) is 11.4 Å². The Morgan fingerprint density at radius 3 is 2.63 bits per heavy atom. The van der Waals surface area contributed by atoms with Crippen molar-refractivity contribution in [3.63, 3.8) is 0 Å². The molecule has 8 nitrogen and oxygen atoms in total. The summed E-state index contributed by atoms with van der Waals surface area (Å²) in [7, 11) is 1.30. The average Bonchev–Trinajstić information content (AvgIpc) is 3.17. The maximum atomic E-state index is 11.9. The minimum absolute atomic E-state index is 0.00318. The number of hydrogen-bond donors (Lipinski definition) is 0. The Morgan fingerprint density at radius 1 is 1.23 bits per heavy atom. The van der Waals surface area contributed by atoms with Crippen molar-refractivity contribution >= 4 is 28.4 Å². The first kappa shape index (κ1) is 19.9. The van der Waals surface area contributed by atoms with Crippen LogP contribution in [-0.2, 0) is 11.2 Å². The summed E-state index contributed by atoms with van der Waals surface area (Å²) < 4.78 is 7.10. The second-order valence-electron chi connectivity index (χ2n) is 7.41. The first-order valence-corrected chi connectivity index (χ1v) is 10.1. The molecule has 1 saturated heterocycles. The van der Waals surface area contributed by atoms with Crippen molar-refractivity contribution in [3.8, 4) is 0 Å². The van der Waals surface area contributed by atoms with Crippen LogP contribution < -0.4 is 4.90 Å². The number of aryl methyl sites for hydroxylation is 1. The van der Waals surface area contributed by atoms with Gasteiger partial charge in [-0.3, -0.25) is 10.1 Å². The van der Waals surface area contributed by atoms with E-state index in [1.807, 2.05) is 23.1 Å². The number of rotatable bonds is 5. The topological polar surface area (TPSA) is 90.5 Å². The van der Waals surface area contributed by atoms with Crippen molar-refractivity contribution < 1.29 is 14.5 Å². The van der Waals surface area contributed by atoms with Gasteiger partial charge in [0.1, 0.15) is 11.5 Å². The Hall–Kier alpha value is -3.42. The van der Waals surface area contributed by atoms with Crippen molar-refractivity contribution in [2.24, 2.45) is 0 Å². The van der Waals surface area contributed by atoms with Crippen molar-refractivity contribution in [1.82, 2.24) is 9.55 Å². The van der Waals surface area contributed by atoms with Crippen LogP contribution in [0.25, 0.3) is 11.0 Å². The molecule has 0 amide bonds. The second-order valence-corrected chi connectivity index (χ2v) is 7.41. The molecule has 0 radical (unpaired) electrons. The van der Waals surface area contributed by atoms with E-state index in [9.17, 15) is 14.9 Å². The van der Waals surface area contributed by atoms with Gasteiger partial charge in [0.2, 0.25) is 0 Å². The number of aromatic nitrogens is 2. The number of hydrogen-bond acceptors (Lipinski definition) is 6. The van der Waals surface area contributed by atoms with Crippen LogP contribution in [0.2, 0.25) is 0 Å². The molecule has 30 heavy (non-hydrogen) atoms. The Balaban J connectivity index is 1.61. The number of carbonyl (C=O) groups excluding carboxylic acids is 1. The lowest BCUT2D eigenvalue weighted by molar-refractivity contribution is -0.384. The van der Waals surface area contributed by atoms with Crippen molar-refractivity contribution in [2.45, 2.75) is 32.2 Å². The maximum Gasteiger partial charge on any atom is 0.337 e. The van der Waals surface area contributed by atoms with E-state index >= 15 is 0 Å². The van der Waals surface area contributed by atoms with Gasteiger partial charge in [0, 0.05) is 31.6 Å². The second kappa shape index (κ2) is 8.14. The van der Waals surface area contributed by atoms with Crippen LogP contribution in [0, 0.1) is 10.1 Å². The average molecular weight is 408 g/mol. The Kier molecular flexibility index (Phi) is 5.39. The molecule has 0 aliphatic carbocycles. The highest BCUT2D eigenvalue weighted by Gasteiger charge is 2.28. The highest BCUT2D eigenvalue weighted by Crippen LogP contribution is 2.35. The van der Waals surface area contributed by atoms with E-state index in [0.717, 1.165) is 36.1 Å². The maximum absolute atomic E-state index is 11.9. The number of para-hydroxylation sites is 2. The van der Waals surface area contributed by atoms with Crippen LogP contribution in [0.3, 0.4) is 0 Å². The molecule has 4 rings (SSSR count). The van der Waals surface area contributed by atoms with E-state index < -0.39 is 10.9 Å². The standard InChI is InChI=1S/C22H24N4O4/c1-3-21-23-17-6-4-5-7-18(17)25(21)16-10-12-24(13-11-16)20-14-15(22(27)30-2)8-9-19(20)26(28)29/h4-9,14,16H,3,10-13H2,1-2H3. The quantitative estimate of drug-likeness (QED) is 0.358. The Morgan fingerprint density at radius 2 is 1.97 bits per heavy atom. The molecule has 0 atom stereocenters. The molecule has 0 unspecified atom stereocenters. The van der Waals surface area contributed by atoms with Crippen molar-refractivity contribution in [2.75, 3.05) is 25.1 Å². The monoisotopic (exact) mass is 408 g/mol. The SMILES string of the molecule is CCc1nc2ccccc2n1C1CCN(c2cc(C(=O)OC)ccc2[N+](=O)[O-])CC1. The summed E-state index contributed by atoms with van der Waals surface area (Å²) in [6.07, 6.45) is 2.53. The van der Waals surface area contributed by atoms with Gasteiger partial charge in [-0.15, -0.1) is 0 Å². The van der Waals surface area contributed by atoms with Crippen LogP contribution in [-0.4, -0.2) is 40.6 Å². The predicted molar refractivity (Wildman–Crippen MR) is 114 cm³/mol. The minimum Gasteiger partial charge on any atom is -0.465 e. The number of piperidine rings is 1. The Labute approximate surface area is 174 Å². The summed E-state index contributed by atoms with van der Waals surface area (Å²) in [6.45, 7) is 3.42. The first-order valence-electron chi connectivity index (χ1n) is 10.1. The number of fused-ring (bicyclic) bond motifs is 1. The van der Waals surface area contributed by atoms with Crippen LogP contribution >= 0.6 is 0 Å². The fourth-order valence-corrected chi connectivity index (χ4v) is 4.29. The normalized spacial score (nSPS) is 14.8. The molecule has 2 aromatic carbocycles. The van der Waals surface area contributed by atoms with Crippen LogP contribution in [0.5, 0.6) is 0 Å². The lowest BCUT2D eigenvalue weighted by atomic mass is 10.0. The molecule has 3 aromatic rings. The van der Waals surface area contributed by atoms with E-state index in [2.05, 4.69) is 17.6 Å². The fraction of sp³-hybridized carbons (Fsp3) is 0.364. The number of esters is 1. The third-order valence-corrected chi connectivity index (χ3v) is 5.75. The molecule has 0 spiro atoms. The van der Waals surface area contributed by atoms with Gasteiger partial charge in [-0.25, -0.2) is 9.78 Å². The molecule has 1 aliphatic rings. The third-order valence-electron chi connectivity index (χ3n) is 5.75. The first-order chi connectivity index (χ1) is 14.5. The van der Waals surface area contributed by atoms with E-state index in [-0.39, 0.29) is 11.7 Å². The number of nitrogens with zero attached hydrogens (tertiary/aromatic N) is 4. The largest absolute Gasteiger partial charge is 0.465 e. The van der Waals surface area contributed by atoms with Gasteiger partial charge in [-0.05, 0) is 37.1 Å².